The van der Waals surface area contributed by atoms with Crippen molar-refractivity contribution in [2.24, 2.45) is 0 Å². The molecular formula is C15H6ClF2N5O2. The maximum absolute atomic E-state index is 13.3. The molecule has 2 aromatic heterocycles. The molecule has 2 heterocycles. The molecule has 3 aromatic rings. The minimum Gasteiger partial charge on any atom is -0.352 e. The van der Waals surface area contributed by atoms with Crippen molar-refractivity contribution in [1.82, 2.24) is 9.97 Å². The van der Waals surface area contributed by atoms with Crippen LogP contribution in [0.25, 0.3) is 10.9 Å². The molecule has 0 unspecified atom stereocenters. The van der Waals surface area contributed by atoms with Crippen molar-refractivity contribution in [3.05, 3.63) is 63.1 Å². The van der Waals surface area contributed by atoms with Gasteiger partial charge in [-0.3, -0.25) is 15.1 Å². The van der Waals surface area contributed by atoms with Gasteiger partial charge in [-0.1, -0.05) is 11.6 Å². The van der Waals surface area contributed by atoms with E-state index in [0.717, 1.165) is 18.3 Å². The first kappa shape index (κ1) is 16.5. The Morgan fingerprint density at radius 3 is 2.64 bits per heavy atom. The lowest BCUT2D eigenvalue weighted by molar-refractivity contribution is -0.384. The molecule has 0 aliphatic carbocycles. The van der Waals surface area contributed by atoms with E-state index in [2.05, 4.69) is 15.3 Å². The Bertz CT molecular complexity index is 1070. The van der Waals surface area contributed by atoms with Gasteiger partial charge in [-0.05, 0) is 0 Å². The fourth-order valence-corrected chi connectivity index (χ4v) is 2.47. The second-order valence-corrected chi connectivity index (χ2v) is 5.27. The molecule has 0 fully saturated rings. The van der Waals surface area contributed by atoms with E-state index in [9.17, 15) is 24.2 Å². The van der Waals surface area contributed by atoms with E-state index >= 15 is 0 Å². The number of hydrogen-bond acceptors (Lipinski definition) is 6. The quantitative estimate of drug-likeness (QED) is 0.428. The zero-order valence-electron chi connectivity index (χ0n) is 12.1. The summed E-state index contributed by atoms with van der Waals surface area (Å²) in [6.45, 7) is 0. The molecule has 0 saturated heterocycles. The Labute approximate surface area is 143 Å². The van der Waals surface area contributed by atoms with Gasteiger partial charge in [0.05, 0.1) is 38.6 Å². The molecule has 0 bridgehead atoms. The molecule has 1 N–H and O–H groups in total. The topological polar surface area (TPSA) is 105 Å². The number of nitro groups is 1. The van der Waals surface area contributed by atoms with Gasteiger partial charge in [0, 0.05) is 29.8 Å². The van der Waals surface area contributed by atoms with Gasteiger partial charge >= 0.3 is 0 Å². The van der Waals surface area contributed by atoms with Gasteiger partial charge in [-0.25, -0.2) is 9.37 Å². The number of halogens is 3. The van der Waals surface area contributed by atoms with Crippen LogP contribution >= 0.6 is 11.6 Å². The number of nitrogens with zero attached hydrogens (tertiary/aromatic N) is 4. The fraction of sp³-hybridized carbons (Fsp3) is 0. The summed E-state index contributed by atoms with van der Waals surface area (Å²) in [7, 11) is 0. The zero-order chi connectivity index (χ0) is 18.1. The number of nitrogens with one attached hydrogen (secondary N) is 1. The molecule has 7 nitrogen and oxygen atoms in total. The van der Waals surface area contributed by atoms with E-state index in [-0.39, 0.29) is 38.6 Å². The highest BCUT2D eigenvalue weighted by atomic mass is 35.5. The smallest absolute Gasteiger partial charge is 0.271 e. The monoisotopic (exact) mass is 361 g/mol. The van der Waals surface area contributed by atoms with Crippen LogP contribution in [0.4, 0.5) is 25.8 Å². The van der Waals surface area contributed by atoms with Crippen LogP contribution in [0.5, 0.6) is 0 Å². The van der Waals surface area contributed by atoms with Crippen LogP contribution in [-0.4, -0.2) is 14.9 Å². The number of nitriles is 1. The van der Waals surface area contributed by atoms with Gasteiger partial charge in [0.2, 0.25) is 5.95 Å². The van der Waals surface area contributed by atoms with Crippen molar-refractivity contribution in [2.45, 2.75) is 0 Å². The molecule has 0 atom stereocenters. The molecule has 0 spiro atoms. The summed E-state index contributed by atoms with van der Waals surface area (Å²) >= 11 is 6.02. The van der Waals surface area contributed by atoms with E-state index in [1.807, 2.05) is 6.07 Å². The van der Waals surface area contributed by atoms with Crippen molar-refractivity contribution in [2.75, 3.05) is 5.32 Å². The number of anilines is 2. The molecule has 25 heavy (non-hydrogen) atoms. The second-order valence-electron chi connectivity index (χ2n) is 4.86. The van der Waals surface area contributed by atoms with Crippen LogP contribution in [0.15, 0.2) is 30.6 Å². The average Bonchev–Trinajstić information content (AvgIpc) is 2.58. The fourth-order valence-electron chi connectivity index (χ4n) is 2.20. The summed E-state index contributed by atoms with van der Waals surface area (Å²) in [6, 6.07) is 5.03. The maximum atomic E-state index is 13.3. The molecule has 0 saturated carbocycles. The highest BCUT2D eigenvalue weighted by Crippen LogP contribution is 2.35. The Hall–Kier alpha value is -3.38. The van der Waals surface area contributed by atoms with Crippen molar-refractivity contribution in [3.8, 4) is 6.07 Å². The first-order chi connectivity index (χ1) is 11.9. The third-order valence-electron chi connectivity index (χ3n) is 3.31. The normalized spacial score (nSPS) is 10.5. The van der Waals surface area contributed by atoms with Crippen LogP contribution < -0.4 is 5.32 Å². The number of hydrogen-bond donors (Lipinski definition) is 1. The Kier molecular flexibility index (Phi) is 4.12. The SMILES string of the molecule is N#Cc1cnc2c(Cl)cc([N+](=O)[O-])cc2c1Nc1cnc(F)c(F)c1. The Morgan fingerprint density at radius 2 is 2.00 bits per heavy atom. The van der Waals surface area contributed by atoms with E-state index in [1.54, 1.807) is 0 Å². The number of nitro benzene ring substituents is 1. The van der Waals surface area contributed by atoms with E-state index in [4.69, 9.17) is 11.6 Å². The van der Waals surface area contributed by atoms with Crippen molar-refractivity contribution in [3.63, 3.8) is 0 Å². The number of fused-ring (bicyclic) bond motifs is 1. The van der Waals surface area contributed by atoms with Crippen LogP contribution in [0.3, 0.4) is 0 Å². The highest BCUT2D eigenvalue weighted by Gasteiger charge is 2.17. The van der Waals surface area contributed by atoms with E-state index in [0.29, 0.717) is 0 Å². The predicted molar refractivity (Wildman–Crippen MR) is 85.6 cm³/mol. The summed E-state index contributed by atoms with van der Waals surface area (Å²) in [6.07, 6.45) is 2.24. The lowest BCUT2D eigenvalue weighted by Crippen LogP contribution is -2.00. The summed E-state index contributed by atoms with van der Waals surface area (Å²) in [5.41, 5.74) is 0.107. The molecule has 124 valence electrons. The van der Waals surface area contributed by atoms with Crippen molar-refractivity contribution < 1.29 is 13.7 Å². The van der Waals surface area contributed by atoms with Gasteiger partial charge in [0.15, 0.2) is 5.82 Å². The van der Waals surface area contributed by atoms with Crippen LogP contribution in [0.2, 0.25) is 5.02 Å². The van der Waals surface area contributed by atoms with Gasteiger partial charge in [-0.15, -0.1) is 0 Å². The van der Waals surface area contributed by atoms with E-state index < -0.39 is 16.7 Å². The summed E-state index contributed by atoms with van der Waals surface area (Å²) in [5.74, 6) is -2.46. The van der Waals surface area contributed by atoms with Gasteiger partial charge in [-0.2, -0.15) is 9.65 Å². The zero-order valence-corrected chi connectivity index (χ0v) is 12.9. The standard InChI is InChI=1S/C15H6ClF2N5O2/c16-11-3-9(23(24)25)2-10-13(7(4-19)5-20-14(10)11)22-8-1-12(17)15(18)21-6-8/h1-3,5-6H,(H,20,22). The third-order valence-corrected chi connectivity index (χ3v) is 3.59. The molecular weight excluding hydrogens is 356 g/mol. The molecule has 0 aliphatic heterocycles. The molecule has 10 heteroatoms. The van der Waals surface area contributed by atoms with Crippen LogP contribution in [-0.2, 0) is 0 Å². The number of benzene rings is 1. The highest BCUT2D eigenvalue weighted by molar-refractivity contribution is 6.35. The van der Waals surface area contributed by atoms with Gasteiger partial charge < -0.3 is 5.32 Å². The second kappa shape index (κ2) is 6.26. The molecule has 0 amide bonds. The number of non-ortho nitro benzene ring substituents is 1. The predicted octanol–water partition coefficient (Wildman–Crippen LogP) is 4.08. The van der Waals surface area contributed by atoms with E-state index in [1.165, 1.54) is 12.3 Å². The number of aromatic nitrogens is 2. The van der Waals surface area contributed by atoms with Crippen LogP contribution in [0, 0.1) is 33.2 Å². The largest absolute Gasteiger partial charge is 0.352 e. The lowest BCUT2D eigenvalue weighted by Gasteiger charge is -2.12. The lowest BCUT2D eigenvalue weighted by atomic mass is 10.1. The molecule has 3 rings (SSSR count). The number of rotatable bonds is 3. The van der Waals surface area contributed by atoms with Gasteiger partial charge in [0.25, 0.3) is 5.69 Å². The summed E-state index contributed by atoms with van der Waals surface area (Å²) < 4.78 is 26.3. The van der Waals surface area contributed by atoms with Crippen molar-refractivity contribution >= 4 is 39.6 Å². The number of pyridine rings is 2. The first-order valence-corrected chi connectivity index (χ1v) is 7.03. The van der Waals surface area contributed by atoms with Gasteiger partial charge in [0.1, 0.15) is 6.07 Å². The third kappa shape index (κ3) is 3.02. The average molecular weight is 362 g/mol. The summed E-state index contributed by atoms with van der Waals surface area (Å²) in [5, 5.41) is 23.2. The Morgan fingerprint density at radius 1 is 1.24 bits per heavy atom. The maximum Gasteiger partial charge on any atom is 0.271 e. The first-order valence-electron chi connectivity index (χ1n) is 6.65. The Balaban J connectivity index is 2.25. The molecule has 0 aliphatic rings. The molecule has 0 radical (unpaired) electrons. The summed E-state index contributed by atoms with van der Waals surface area (Å²) in [4.78, 5) is 17.7. The molecule has 1 aromatic carbocycles. The minimum absolute atomic E-state index is 0.0140. The minimum atomic E-state index is -1.27. The van der Waals surface area contributed by atoms with Crippen molar-refractivity contribution in [1.29, 1.82) is 5.26 Å². The van der Waals surface area contributed by atoms with Crippen LogP contribution in [0.1, 0.15) is 5.56 Å².